The van der Waals surface area contributed by atoms with Crippen molar-refractivity contribution in [3.63, 3.8) is 0 Å². The van der Waals surface area contributed by atoms with Crippen LogP contribution in [-0.2, 0) is 26.2 Å². The summed E-state index contributed by atoms with van der Waals surface area (Å²) in [5, 5.41) is 3.54. The number of benzene rings is 3. The van der Waals surface area contributed by atoms with Crippen LogP contribution in [0.5, 0.6) is 0 Å². The fourth-order valence-electron chi connectivity index (χ4n) is 5.14. The van der Waals surface area contributed by atoms with Gasteiger partial charge in [-0.15, -0.1) is 0 Å². The van der Waals surface area contributed by atoms with Crippen molar-refractivity contribution in [2.75, 3.05) is 10.8 Å². The van der Waals surface area contributed by atoms with Crippen molar-refractivity contribution in [3.05, 3.63) is 94.0 Å². The van der Waals surface area contributed by atoms with E-state index in [2.05, 4.69) is 5.32 Å². The highest BCUT2D eigenvalue weighted by atomic mass is 35.5. The number of anilines is 1. The Kier molecular flexibility index (Phi) is 9.76. The van der Waals surface area contributed by atoms with Crippen molar-refractivity contribution < 1.29 is 18.0 Å². The van der Waals surface area contributed by atoms with Crippen LogP contribution in [0.1, 0.15) is 54.9 Å². The van der Waals surface area contributed by atoms with Crippen LogP contribution in [0.2, 0.25) is 5.02 Å². The molecule has 4 rings (SSSR count). The average molecular weight is 596 g/mol. The second-order valence-electron chi connectivity index (χ2n) is 10.8. The topological polar surface area (TPSA) is 86.8 Å². The number of carbonyl (C=O) groups is 2. The Hall–Kier alpha value is -3.36. The van der Waals surface area contributed by atoms with Gasteiger partial charge in [0.05, 0.1) is 10.6 Å². The molecule has 9 heteroatoms. The highest BCUT2D eigenvalue weighted by Gasteiger charge is 2.34. The van der Waals surface area contributed by atoms with E-state index in [0.29, 0.717) is 16.3 Å². The highest BCUT2D eigenvalue weighted by Crippen LogP contribution is 2.30. The first-order chi connectivity index (χ1) is 19.5. The fourth-order valence-corrected chi connectivity index (χ4v) is 6.81. The zero-order valence-electron chi connectivity index (χ0n) is 24.1. The zero-order valence-corrected chi connectivity index (χ0v) is 25.6. The van der Waals surface area contributed by atoms with Crippen molar-refractivity contribution in [1.29, 1.82) is 0 Å². The van der Waals surface area contributed by atoms with Gasteiger partial charge in [-0.05, 0) is 81.5 Å². The number of nitrogens with zero attached hydrogens (tertiary/aromatic N) is 2. The lowest BCUT2D eigenvalue weighted by atomic mass is 10.1. The van der Waals surface area contributed by atoms with Crippen LogP contribution in [-0.4, -0.2) is 43.8 Å². The molecule has 3 aromatic rings. The van der Waals surface area contributed by atoms with E-state index in [-0.39, 0.29) is 23.4 Å². The van der Waals surface area contributed by atoms with Gasteiger partial charge in [0.2, 0.25) is 11.8 Å². The van der Waals surface area contributed by atoms with Crippen molar-refractivity contribution in [2.45, 2.75) is 76.9 Å². The molecule has 0 aromatic heterocycles. The van der Waals surface area contributed by atoms with E-state index in [4.69, 9.17) is 11.6 Å². The number of halogens is 1. The summed E-state index contributed by atoms with van der Waals surface area (Å²) in [5.74, 6) is -0.771. The molecule has 0 aliphatic heterocycles. The van der Waals surface area contributed by atoms with Gasteiger partial charge >= 0.3 is 0 Å². The maximum Gasteiger partial charge on any atom is 0.264 e. The number of rotatable bonds is 10. The monoisotopic (exact) mass is 595 g/mol. The summed E-state index contributed by atoms with van der Waals surface area (Å²) in [5.41, 5.74) is 3.66. The second-order valence-corrected chi connectivity index (χ2v) is 13.1. The van der Waals surface area contributed by atoms with E-state index >= 15 is 0 Å². The number of nitrogens with one attached hydrogen (secondary N) is 1. The molecular weight excluding hydrogens is 558 g/mol. The van der Waals surface area contributed by atoms with Crippen LogP contribution >= 0.6 is 11.6 Å². The Morgan fingerprint density at radius 1 is 0.951 bits per heavy atom. The molecule has 1 fully saturated rings. The molecule has 218 valence electrons. The van der Waals surface area contributed by atoms with E-state index < -0.39 is 28.5 Å². The first-order valence-electron chi connectivity index (χ1n) is 14.0. The molecule has 0 saturated heterocycles. The van der Waals surface area contributed by atoms with Crippen LogP contribution < -0.4 is 9.62 Å². The summed E-state index contributed by atoms with van der Waals surface area (Å²) in [6.07, 6.45) is 3.94. The first kappa shape index (κ1) is 30.6. The summed E-state index contributed by atoms with van der Waals surface area (Å²) in [6.45, 7) is 6.88. The van der Waals surface area contributed by atoms with Gasteiger partial charge in [-0.3, -0.25) is 13.9 Å². The predicted molar refractivity (Wildman–Crippen MR) is 163 cm³/mol. The van der Waals surface area contributed by atoms with Gasteiger partial charge in [0.1, 0.15) is 12.6 Å². The van der Waals surface area contributed by atoms with Gasteiger partial charge in [-0.2, -0.15) is 0 Å². The Morgan fingerprint density at radius 3 is 2.27 bits per heavy atom. The molecule has 0 unspecified atom stereocenters. The normalized spacial score (nSPS) is 14.5. The fraction of sp³-hybridized carbons (Fsp3) is 0.375. The van der Waals surface area contributed by atoms with Gasteiger partial charge in [-0.1, -0.05) is 72.5 Å². The van der Waals surface area contributed by atoms with Crippen molar-refractivity contribution in [1.82, 2.24) is 10.2 Å². The molecule has 0 radical (unpaired) electrons. The largest absolute Gasteiger partial charge is 0.352 e. The third-order valence-electron chi connectivity index (χ3n) is 7.90. The molecule has 7 nitrogen and oxygen atoms in total. The van der Waals surface area contributed by atoms with Gasteiger partial charge in [0.15, 0.2) is 0 Å². The van der Waals surface area contributed by atoms with E-state index in [9.17, 15) is 18.0 Å². The highest BCUT2D eigenvalue weighted by molar-refractivity contribution is 7.92. The minimum Gasteiger partial charge on any atom is -0.352 e. The van der Waals surface area contributed by atoms with Gasteiger partial charge in [0.25, 0.3) is 10.0 Å². The Morgan fingerprint density at radius 2 is 1.61 bits per heavy atom. The molecule has 1 N–H and O–H groups in total. The SMILES string of the molecule is Cc1ccc(S(=O)(=O)N(CC(=O)N(Cc2ccccc2Cl)[C@H](C)C(=O)NC2CCCC2)c2cccc(C)c2C)cc1. The summed E-state index contributed by atoms with van der Waals surface area (Å²) in [7, 11) is -4.13. The number of hydrogen-bond acceptors (Lipinski definition) is 4. The third kappa shape index (κ3) is 7.11. The molecule has 1 aliphatic rings. The lowest BCUT2D eigenvalue weighted by Crippen LogP contribution is -2.52. The Bertz CT molecular complexity index is 1500. The molecule has 0 bridgehead atoms. The molecule has 1 aliphatic carbocycles. The summed E-state index contributed by atoms with van der Waals surface area (Å²) in [6, 6.07) is 18.3. The number of aryl methyl sites for hydroxylation is 2. The van der Waals surface area contributed by atoms with Gasteiger partial charge in [0, 0.05) is 17.6 Å². The average Bonchev–Trinajstić information content (AvgIpc) is 3.45. The van der Waals surface area contributed by atoms with E-state index in [0.717, 1.165) is 46.7 Å². The van der Waals surface area contributed by atoms with Crippen molar-refractivity contribution in [2.24, 2.45) is 0 Å². The number of carbonyl (C=O) groups excluding carboxylic acids is 2. The summed E-state index contributed by atoms with van der Waals surface area (Å²) in [4.78, 5) is 29.0. The van der Waals surface area contributed by atoms with Gasteiger partial charge < -0.3 is 10.2 Å². The first-order valence-corrected chi connectivity index (χ1v) is 15.8. The minimum atomic E-state index is -4.13. The molecule has 41 heavy (non-hydrogen) atoms. The maximum atomic E-state index is 14.2. The summed E-state index contributed by atoms with van der Waals surface area (Å²) >= 11 is 6.46. The Balaban J connectivity index is 1.73. The molecule has 3 aromatic carbocycles. The van der Waals surface area contributed by atoms with Crippen LogP contribution in [0.4, 0.5) is 5.69 Å². The standard InChI is InChI=1S/C32H38ClN3O4S/c1-22-16-18-28(19-17-22)41(39,40)36(30-15-9-10-23(2)24(30)3)21-31(37)35(20-26-11-5-8-14-29(26)33)25(4)32(38)34-27-12-6-7-13-27/h5,8-11,14-19,25,27H,6-7,12-13,20-21H2,1-4H3,(H,34,38)/t25-/m1/s1. The predicted octanol–water partition coefficient (Wildman–Crippen LogP) is 5.94. The smallest absolute Gasteiger partial charge is 0.264 e. The molecular formula is C32H38ClN3O4S. The quantitative estimate of drug-likeness (QED) is 0.314. The molecule has 0 heterocycles. The van der Waals surface area contributed by atoms with Crippen LogP contribution in [0.15, 0.2) is 71.6 Å². The molecule has 1 atom stereocenters. The second kappa shape index (κ2) is 13.1. The van der Waals surface area contributed by atoms with Crippen LogP contribution in [0, 0.1) is 20.8 Å². The number of hydrogen-bond donors (Lipinski definition) is 1. The molecule has 2 amide bonds. The van der Waals surface area contributed by atoms with E-state index in [1.54, 1.807) is 61.5 Å². The number of amides is 2. The minimum absolute atomic E-state index is 0.0585. The number of sulfonamides is 1. The lowest BCUT2D eigenvalue weighted by molar-refractivity contribution is -0.139. The van der Waals surface area contributed by atoms with Crippen LogP contribution in [0.25, 0.3) is 0 Å². The third-order valence-corrected chi connectivity index (χ3v) is 10.0. The van der Waals surface area contributed by atoms with E-state index in [1.807, 2.05) is 32.9 Å². The van der Waals surface area contributed by atoms with Crippen molar-refractivity contribution in [3.8, 4) is 0 Å². The molecule has 1 saturated carbocycles. The van der Waals surface area contributed by atoms with Gasteiger partial charge in [-0.25, -0.2) is 8.42 Å². The summed E-state index contributed by atoms with van der Waals surface area (Å²) < 4.78 is 29.3. The van der Waals surface area contributed by atoms with Crippen molar-refractivity contribution >= 4 is 39.1 Å². The molecule has 0 spiro atoms. The lowest BCUT2D eigenvalue weighted by Gasteiger charge is -2.33. The van der Waals surface area contributed by atoms with Crippen LogP contribution in [0.3, 0.4) is 0 Å². The maximum absolute atomic E-state index is 14.2. The van der Waals surface area contributed by atoms with E-state index in [1.165, 1.54) is 4.90 Å². The Labute approximate surface area is 248 Å². The zero-order chi connectivity index (χ0) is 29.7.